The Morgan fingerprint density at radius 3 is 2.76 bits per heavy atom. The van der Waals surface area contributed by atoms with E-state index in [1.54, 1.807) is 0 Å². The SMILES string of the molecule is Cc1cc2ccccc2nc1NC1CC=CC1. The summed E-state index contributed by atoms with van der Waals surface area (Å²) in [5.74, 6) is 1.03. The van der Waals surface area contributed by atoms with Crippen LogP contribution in [0.15, 0.2) is 42.5 Å². The van der Waals surface area contributed by atoms with E-state index in [0.29, 0.717) is 6.04 Å². The van der Waals surface area contributed by atoms with Crippen LogP contribution in [0.2, 0.25) is 0 Å². The van der Waals surface area contributed by atoms with E-state index < -0.39 is 0 Å². The van der Waals surface area contributed by atoms with E-state index in [1.807, 2.05) is 6.07 Å². The zero-order valence-corrected chi connectivity index (χ0v) is 9.98. The van der Waals surface area contributed by atoms with Crippen molar-refractivity contribution in [3.8, 4) is 0 Å². The second-order valence-corrected chi connectivity index (χ2v) is 4.63. The van der Waals surface area contributed by atoms with Gasteiger partial charge in [0.15, 0.2) is 0 Å². The fourth-order valence-corrected chi connectivity index (χ4v) is 2.30. The zero-order chi connectivity index (χ0) is 11.7. The number of fused-ring (bicyclic) bond motifs is 1. The monoisotopic (exact) mass is 224 g/mol. The van der Waals surface area contributed by atoms with Gasteiger partial charge < -0.3 is 5.32 Å². The summed E-state index contributed by atoms with van der Waals surface area (Å²) in [6.07, 6.45) is 6.67. The van der Waals surface area contributed by atoms with Crippen molar-refractivity contribution in [2.75, 3.05) is 5.32 Å². The molecule has 2 nitrogen and oxygen atoms in total. The third kappa shape index (κ3) is 2.03. The highest BCUT2D eigenvalue weighted by Crippen LogP contribution is 2.22. The van der Waals surface area contributed by atoms with Crippen molar-refractivity contribution in [3.63, 3.8) is 0 Å². The molecule has 0 bridgehead atoms. The lowest BCUT2D eigenvalue weighted by Crippen LogP contribution is -2.16. The van der Waals surface area contributed by atoms with Crippen LogP contribution in [-0.4, -0.2) is 11.0 Å². The van der Waals surface area contributed by atoms with Gasteiger partial charge in [0.05, 0.1) is 5.52 Å². The Kier molecular flexibility index (Phi) is 2.56. The maximum Gasteiger partial charge on any atom is 0.129 e. The number of nitrogens with one attached hydrogen (secondary N) is 1. The van der Waals surface area contributed by atoms with Gasteiger partial charge in [-0.15, -0.1) is 0 Å². The number of rotatable bonds is 2. The Labute approximate surface area is 101 Å². The summed E-state index contributed by atoms with van der Waals surface area (Å²) in [5, 5.41) is 4.74. The molecule has 1 N–H and O–H groups in total. The highest BCUT2D eigenvalue weighted by molar-refractivity contribution is 5.81. The van der Waals surface area contributed by atoms with Crippen molar-refractivity contribution in [1.82, 2.24) is 4.98 Å². The number of benzene rings is 1. The third-order valence-electron chi connectivity index (χ3n) is 3.26. The number of aromatic nitrogens is 1. The van der Waals surface area contributed by atoms with E-state index >= 15 is 0 Å². The molecule has 1 aliphatic carbocycles. The first-order valence-electron chi connectivity index (χ1n) is 6.11. The lowest BCUT2D eigenvalue weighted by Gasteiger charge is -2.15. The van der Waals surface area contributed by atoms with E-state index in [1.165, 1.54) is 10.9 Å². The Balaban J connectivity index is 1.95. The minimum absolute atomic E-state index is 0.516. The van der Waals surface area contributed by atoms with Gasteiger partial charge in [-0.2, -0.15) is 0 Å². The summed E-state index contributed by atoms with van der Waals surface area (Å²) in [4.78, 5) is 4.70. The van der Waals surface area contributed by atoms with Crippen LogP contribution in [0.5, 0.6) is 0 Å². The molecular weight excluding hydrogens is 208 g/mol. The Morgan fingerprint density at radius 1 is 1.18 bits per heavy atom. The molecule has 0 aliphatic heterocycles. The first kappa shape index (κ1) is 10.3. The number of anilines is 1. The number of hydrogen-bond donors (Lipinski definition) is 1. The smallest absolute Gasteiger partial charge is 0.129 e. The van der Waals surface area contributed by atoms with E-state index in [4.69, 9.17) is 4.98 Å². The van der Waals surface area contributed by atoms with Crippen LogP contribution in [-0.2, 0) is 0 Å². The van der Waals surface area contributed by atoms with Crippen molar-refractivity contribution in [2.45, 2.75) is 25.8 Å². The van der Waals surface area contributed by atoms with Gasteiger partial charge in [-0.05, 0) is 37.5 Å². The number of nitrogens with zero attached hydrogens (tertiary/aromatic N) is 1. The largest absolute Gasteiger partial charge is 0.366 e. The molecule has 0 saturated carbocycles. The molecule has 0 atom stereocenters. The predicted molar refractivity (Wildman–Crippen MR) is 72.3 cm³/mol. The Bertz CT molecular complexity index is 564. The first-order chi connectivity index (χ1) is 8.33. The van der Waals surface area contributed by atoms with Crippen LogP contribution in [0.3, 0.4) is 0 Å². The summed E-state index contributed by atoms with van der Waals surface area (Å²) >= 11 is 0. The highest BCUT2D eigenvalue weighted by atomic mass is 15.0. The molecule has 17 heavy (non-hydrogen) atoms. The molecule has 0 fully saturated rings. The van der Waals surface area contributed by atoms with Crippen LogP contribution in [0.1, 0.15) is 18.4 Å². The second kappa shape index (κ2) is 4.21. The molecule has 86 valence electrons. The standard InChI is InChI=1S/C15H16N2/c1-11-10-12-6-2-5-9-14(12)17-15(11)16-13-7-3-4-8-13/h2-6,9-10,13H,7-8H2,1H3,(H,16,17). The van der Waals surface area contributed by atoms with Gasteiger partial charge in [-0.3, -0.25) is 0 Å². The van der Waals surface area contributed by atoms with Gasteiger partial charge in [0.2, 0.25) is 0 Å². The molecule has 0 unspecified atom stereocenters. The lowest BCUT2D eigenvalue weighted by atomic mass is 10.1. The summed E-state index contributed by atoms with van der Waals surface area (Å²) in [7, 11) is 0. The molecule has 2 heteroatoms. The molecule has 1 aromatic carbocycles. The number of para-hydroxylation sites is 1. The third-order valence-corrected chi connectivity index (χ3v) is 3.26. The van der Waals surface area contributed by atoms with Crippen molar-refractivity contribution in [1.29, 1.82) is 0 Å². The summed E-state index contributed by atoms with van der Waals surface area (Å²) in [6, 6.07) is 11.0. The molecule has 2 aromatic rings. The van der Waals surface area contributed by atoms with E-state index in [9.17, 15) is 0 Å². The molecule has 1 heterocycles. The fraction of sp³-hybridized carbons (Fsp3) is 0.267. The first-order valence-corrected chi connectivity index (χ1v) is 6.11. The lowest BCUT2D eigenvalue weighted by molar-refractivity contribution is 0.780. The van der Waals surface area contributed by atoms with Crippen molar-refractivity contribution in [2.24, 2.45) is 0 Å². The average molecular weight is 224 g/mol. The topological polar surface area (TPSA) is 24.9 Å². The van der Waals surface area contributed by atoms with Crippen molar-refractivity contribution < 1.29 is 0 Å². The van der Waals surface area contributed by atoms with Crippen LogP contribution in [0, 0.1) is 6.92 Å². The van der Waals surface area contributed by atoms with Gasteiger partial charge >= 0.3 is 0 Å². The van der Waals surface area contributed by atoms with Crippen LogP contribution >= 0.6 is 0 Å². The molecule has 1 aliphatic rings. The van der Waals surface area contributed by atoms with Gasteiger partial charge in [0.1, 0.15) is 5.82 Å². The second-order valence-electron chi connectivity index (χ2n) is 4.63. The molecular formula is C15H16N2. The van der Waals surface area contributed by atoms with Crippen LogP contribution in [0.4, 0.5) is 5.82 Å². The van der Waals surface area contributed by atoms with Crippen LogP contribution < -0.4 is 5.32 Å². The minimum atomic E-state index is 0.516. The average Bonchev–Trinajstić information content (AvgIpc) is 2.83. The summed E-state index contributed by atoms with van der Waals surface area (Å²) < 4.78 is 0. The Morgan fingerprint density at radius 2 is 1.94 bits per heavy atom. The minimum Gasteiger partial charge on any atom is -0.366 e. The quantitative estimate of drug-likeness (QED) is 0.787. The zero-order valence-electron chi connectivity index (χ0n) is 9.98. The van der Waals surface area contributed by atoms with Crippen LogP contribution in [0.25, 0.3) is 10.9 Å². The molecule has 0 amide bonds. The Hall–Kier alpha value is -1.83. The van der Waals surface area contributed by atoms with E-state index in [-0.39, 0.29) is 0 Å². The van der Waals surface area contributed by atoms with E-state index in [2.05, 4.69) is 48.7 Å². The molecule has 1 aromatic heterocycles. The maximum absolute atomic E-state index is 4.70. The molecule has 0 spiro atoms. The van der Waals surface area contributed by atoms with Gasteiger partial charge in [0, 0.05) is 11.4 Å². The normalized spacial score (nSPS) is 15.6. The van der Waals surface area contributed by atoms with E-state index in [0.717, 1.165) is 24.2 Å². The number of aryl methyl sites for hydroxylation is 1. The molecule has 0 saturated heterocycles. The van der Waals surface area contributed by atoms with Gasteiger partial charge in [-0.1, -0.05) is 30.4 Å². The van der Waals surface area contributed by atoms with Gasteiger partial charge in [-0.25, -0.2) is 4.98 Å². The number of hydrogen-bond acceptors (Lipinski definition) is 2. The molecule has 3 rings (SSSR count). The fourth-order valence-electron chi connectivity index (χ4n) is 2.30. The highest BCUT2D eigenvalue weighted by Gasteiger charge is 2.12. The summed E-state index contributed by atoms with van der Waals surface area (Å²) in [6.45, 7) is 2.12. The summed E-state index contributed by atoms with van der Waals surface area (Å²) in [5.41, 5.74) is 2.28. The van der Waals surface area contributed by atoms with Gasteiger partial charge in [0.25, 0.3) is 0 Å². The molecule has 0 radical (unpaired) electrons. The predicted octanol–water partition coefficient (Wildman–Crippen LogP) is 3.67. The van der Waals surface area contributed by atoms with Crippen molar-refractivity contribution >= 4 is 16.7 Å². The van der Waals surface area contributed by atoms with Crippen molar-refractivity contribution in [3.05, 3.63) is 48.0 Å². The number of pyridine rings is 1. The maximum atomic E-state index is 4.70.